The predicted octanol–water partition coefficient (Wildman–Crippen LogP) is 4.65. The van der Waals surface area contributed by atoms with Crippen molar-refractivity contribution in [2.24, 2.45) is 0 Å². The highest BCUT2D eigenvalue weighted by Crippen LogP contribution is 2.26. The van der Waals surface area contributed by atoms with E-state index >= 15 is 0 Å². The molecule has 0 radical (unpaired) electrons. The minimum absolute atomic E-state index is 0.260. The number of carbonyl (C=O) groups is 1. The average molecular weight is 387 g/mol. The highest BCUT2D eigenvalue weighted by Gasteiger charge is 2.15. The van der Waals surface area contributed by atoms with Crippen LogP contribution in [0.15, 0.2) is 75.4 Å². The second-order valence-electron chi connectivity index (χ2n) is 6.23. The van der Waals surface area contributed by atoms with Crippen LogP contribution in [0.5, 0.6) is 0 Å². The van der Waals surface area contributed by atoms with E-state index in [1.165, 1.54) is 11.3 Å². The van der Waals surface area contributed by atoms with E-state index in [1.54, 1.807) is 23.7 Å². The van der Waals surface area contributed by atoms with E-state index in [9.17, 15) is 9.59 Å². The SMILES string of the molecule is O=C(Nc1nc(-c2cc3ccccc3oc2=O)cs1)c1c[nH]c2ccccc12. The Kier molecular flexibility index (Phi) is 3.80. The molecule has 0 saturated heterocycles. The molecule has 0 aliphatic rings. The number of benzene rings is 2. The first-order valence-corrected chi connectivity index (χ1v) is 9.43. The molecule has 0 aliphatic carbocycles. The summed E-state index contributed by atoms with van der Waals surface area (Å²) >= 11 is 1.26. The number of hydrogen-bond acceptors (Lipinski definition) is 5. The van der Waals surface area contributed by atoms with Crippen molar-refractivity contribution in [3.8, 4) is 11.3 Å². The molecule has 1 amide bonds. The number of nitrogens with zero attached hydrogens (tertiary/aromatic N) is 1. The molecule has 3 aromatic heterocycles. The van der Waals surface area contributed by atoms with Crippen LogP contribution in [0.3, 0.4) is 0 Å². The summed E-state index contributed by atoms with van der Waals surface area (Å²) in [6.07, 6.45) is 1.67. The molecule has 0 spiro atoms. The third kappa shape index (κ3) is 2.78. The van der Waals surface area contributed by atoms with Gasteiger partial charge < -0.3 is 9.40 Å². The van der Waals surface area contributed by atoms with Crippen LogP contribution in [0.4, 0.5) is 5.13 Å². The molecule has 6 nitrogen and oxygen atoms in total. The lowest BCUT2D eigenvalue weighted by Crippen LogP contribution is -2.11. The maximum atomic E-state index is 12.6. The van der Waals surface area contributed by atoms with Crippen molar-refractivity contribution >= 4 is 44.2 Å². The first-order chi connectivity index (χ1) is 13.7. The molecule has 0 fully saturated rings. The minimum atomic E-state index is -0.460. The molecule has 0 unspecified atom stereocenters. The van der Waals surface area contributed by atoms with Crippen molar-refractivity contribution < 1.29 is 9.21 Å². The third-order valence-corrected chi connectivity index (χ3v) is 5.23. The van der Waals surface area contributed by atoms with E-state index < -0.39 is 5.63 Å². The summed E-state index contributed by atoms with van der Waals surface area (Å²) in [4.78, 5) is 32.4. The summed E-state index contributed by atoms with van der Waals surface area (Å²) in [7, 11) is 0. The number of fused-ring (bicyclic) bond motifs is 2. The number of hydrogen-bond donors (Lipinski definition) is 2. The number of rotatable bonds is 3. The molecule has 0 aliphatic heterocycles. The Balaban J connectivity index is 1.46. The fourth-order valence-corrected chi connectivity index (χ4v) is 3.82. The van der Waals surface area contributed by atoms with Gasteiger partial charge in [0.05, 0.1) is 16.8 Å². The highest BCUT2D eigenvalue weighted by atomic mass is 32.1. The van der Waals surface area contributed by atoms with Gasteiger partial charge in [-0.3, -0.25) is 10.1 Å². The van der Waals surface area contributed by atoms with Crippen LogP contribution < -0.4 is 10.9 Å². The van der Waals surface area contributed by atoms with Crippen molar-refractivity contribution in [1.29, 1.82) is 0 Å². The van der Waals surface area contributed by atoms with Gasteiger partial charge in [0, 0.05) is 27.9 Å². The van der Waals surface area contributed by atoms with Crippen LogP contribution in [-0.4, -0.2) is 15.9 Å². The largest absolute Gasteiger partial charge is 0.422 e. The van der Waals surface area contributed by atoms with Gasteiger partial charge in [0.2, 0.25) is 0 Å². The summed E-state index contributed by atoms with van der Waals surface area (Å²) in [5.41, 5.74) is 2.33. The molecule has 2 N–H and O–H groups in total. The summed E-state index contributed by atoms with van der Waals surface area (Å²) in [5, 5.41) is 6.60. The van der Waals surface area contributed by atoms with Gasteiger partial charge in [-0.05, 0) is 18.2 Å². The third-order valence-electron chi connectivity index (χ3n) is 4.48. The molecular formula is C21H13N3O3S. The number of amides is 1. The second kappa shape index (κ2) is 6.47. The lowest BCUT2D eigenvalue weighted by atomic mass is 10.1. The van der Waals surface area contributed by atoms with Crippen LogP contribution in [0.25, 0.3) is 33.1 Å². The Hall–Kier alpha value is -3.71. The lowest BCUT2D eigenvalue weighted by molar-refractivity contribution is 0.102. The van der Waals surface area contributed by atoms with Gasteiger partial charge in [0.1, 0.15) is 5.58 Å². The summed E-state index contributed by atoms with van der Waals surface area (Å²) in [5.74, 6) is -0.260. The van der Waals surface area contributed by atoms with Crippen LogP contribution >= 0.6 is 11.3 Å². The van der Waals surface area contributed by atoms with Gasteiger partial charge in [0.25, 0.3) is 5.91 Å². The Labute approximate surface area is 162 Å². The van der Waals surface area contributed by atoms with Crippen LogP contribution in [-0.2, 0) is 0 Å². The van der Waals surface area contributed by atoms with Gasteiger partial charge >= 0.3 is 5.63 Å². The van der Waals surface area contributed by atoms with Gasteiger partial charge in [-0.1, -0.05) is 36.4 Å². The number of anilines is 1. The smallest absolute Gasteiger partial charge is 0.345 e. The maximum Gasteiger partial charge on any atom is 0.345 e. The molecule has 7 heteroatoms. The Morgan fingerprint density at radius 2 is 1.93 bits per heavy atom. The van der Waals surface area contributed by atoms with Crippen molar-refractivity contribution in [2.45, 2.75) is 0 Å². The first kappa shape index (κ1) is 16.5. The number of aromatic nitrogens is 2. The zero-order valence-corrected chi connectivity index (χ0v) is 15.2. The topological polar surface area (TPSA) is 88.0 Å². The Morgan fingerprint density at radius 3 is 2.86 bits per heavy atom. The van der Waals surface area contributed by atoms with Crippen molar-refractivity contribution in [3.63, 3.8) is 0 Å². The molecule has 3 heterocycles. The molecule has 136 valence electrons. The number of thiazole rings is 1. The molecule has 28 heavy (non-hydrogen) atoms. The van der Waals surface area contributed by atoms with Gasteiger partial charge in [0.15, 0.2) is 5.13 Å². The van der Waals surface area contributed by atoms with Crippen molar-refractivity contribution in [3.05, 3.63) is 82.2 Å². The van der Waals surface area contributed by atoms with Crippen molar-refractivity contribution in [2.75, 3.05) is 5.32 Å². The predicted molar refractivity (Wildman–Crippen MR) is 110 cm³/mol. The first-order valence-electron chi connectivity index (χ1n) is 8.55. The van der Waals surface area contributed by atoms with Crippen molar-refractivity contribution in [1.82, 2.24) is 9.97 Å². The second-order valence-corrected chi connectivity index (χ2v) is 7.08. The molecule has 5 aromatic rings. The minimum Gasteiger partial charge on any atom is -0.422 e. The number of para-hydroxylation sites is 2. The number of carbonyl (C=O) groups excluding carboxylic acids is 1. The molecular weight excluding hydrogens is 374 g/mol. The van der Waals surface area contributed by atoms with Crippen LogP contribution in [0.2, 0.25) is 0 Å². The molecule has 0 atom stereocenters. The van der Waals surface area contributed by atoms with E-state index in [2.05, 4.69) is 15.3 Å². The molecule has 0 bridgehead atoms. The fourth-order valence-electron chi connectivity index (χ4n) is 3.12. The summed E-state index contributed by atoms with van der Waals surface area (Å²) < 4.78 is 5.36. The van der Waals surface area contributed by atoms with E-state index in [1.807, 2.05) is 42.5 Å². The molecule has 0 saturated carbocycles. The number of nitrogens with one attached hydrogen (secondary N) is 2. The quantitative estimate of drug-likeness (QED) is 0.441. The Bertz CT molecular complexity index is 1400. The summed E-state index contributed by atoms with van der Waals surface area (Å²) in [6.45, 7) is 0. The van der Waals surface area contributed by atoms with E-state index in [0.717, 1.165) is 16.3 Å². The van der Waals surface area contributed by atoms with Gasteiger partial charge in [-0.15, -0.1) is 11.3 Å². The molecule has 2 aromatic carbocycles. The number of H-pyrrole nitrogens is 1. The summed E-state index contributed by atoms with van der Waals surface area (Å²) in [6, 6.07) is 16.6. The zero-order chi connectivity index (χ0) is 19.1. The van der Waals surface area contributed by atoms with Crippen LogP contribution in [0.1, 0.15) is 10.4 Å². The van der Waals surface area contributed by atoms with Gasteiger partial charge in [-0.2, -0.15) is 0 Å². The highest BCUT2D eigenvalue weighted by molar-refractivity contribution is 7.14. The van der Waals surface area contributed by atoms with E-state index in [4.69, 9.17) is 4.42 Å². The average Bonchev–Trinajstić information content (AvgIpc) is 3.34. The fraction of sp³-hybridized carbons (Fsp3) is 0. The maximum absolute atomic E-state index is 12.6. The number of aromatic amines is 1. The van der Waals surface area contributed by atoms with Crippen LogP contribution in [0, 0.1) is 0 Å². The standard InChI is InChI=1S/C21H13N3O3S/c25-19(15-10-22-16-7-3-2-6-13(15)16)24-21-23-17(11-28-21)14-9-12-5-1-4-8-18(12)27-20(14)26/h1-11,22H,(H,23,24,25). The van der Waals surface area contributed by atoms with Gasteiger partial charge in [-0.25, -0.2) is 9.78 Å². The monoisotopic (exact) mass is 387 g/mol. The molecule has 5 rings (SSSR count). The van der Waals surface area contributed by atoms with E-state index in [0.29, 0.717) is 27.5 Å². The zero-order valence-electron chi connectivity index (χ0n) is 14.4. The lowest BCUT2D eigenvalue weighted by Gasteiger charge is -2.01. The van der Waals surface area contributed by atoms with E-state index in [-0.39, 0.29) is 5.91 Å². The normalized spacial score (nSPS) is 11.1. The Morgan fingerprint density at radius 1 is 1.11 bits per heavy atom.